The van der Waals surface area contributed by atoms with Crippen LogP contribution in [0.2, 0.25) is 0 Å². The lowest BCUT2D eigenvalue weighted by Gasteiger charge is -2.24. The highest BCUT2D eigenvalue weighted by Gasteiger charge is 2.33. The van der Waals surface area contributed by atoms with Gasteiger partial charge in [-0.05, 0) is 40.4 Å². The molecule has 1 saturated heterocycles. The second-order valence-electron chi connectivity index (χ2n) is 6.36. The van der Waals surface area contributed by atoms with Crippen LogP contribution in [0, 0.1) is 5.92 Å². The van der Waals surface area contributed by atoms with Gasteiger partial charge in [-0.15, -0.1) is 0 Å². The van der Waals surface area contributed by atoms with Gasteiger partial charge in [0.2, 0.25) is 0 Å². The van der Waals surface area contributed by atoms with E-state index in [1.54, 1.807) is 4.90 Å². The number of likely N-dealkylation sites (N-methyl/N-ethyl adjacent to an activating group) is 1. The van der Waals surface area contributed by atoms with Crippen molar-refractivity contribution >= 4 is 6.09 Å². The van der Waals surface area contributed by atoms with Crippen LogP contribution in [0.15, 0.2) is 23.9 Å². The fraction of sp³-hybridized carbons (Fsp3) is 0.706. The highest BCUT2D eigenvalue weighted by Crippen LogP contribution is 2.32. The molecule has 1 atom stereocenters. The Balaban J connectivity index is 0.00000191. The first-order valence-electron chi connectivity index (χ1n) is 7.66. The summed E-state index contributed by atoms with van der Waals surface area (Å²) in [5.41, 5.74) is 1.43. The van der Waals surface area contributed by atoms with Crippen LogP contribution >= 0.6 is 0 Å². The zero-order valence-electron chi connectivity index (χ0n) is 15.0. The Morgan fingerprint density at radius 3 is 2.38 bits per heavy atom. The lowest BCUT2D eigenvalue weighted by molar-refractivity contribution is 0.0333. The fourth-order valence-electron chi connectivity index (χ4n) is 2.02. The molecular formula is C17H32N2O2. The minimum Gasteiger partial charge on any atom is -0.443 e. The monoisotopic (exact) mass is 296 g/mol. The van der Waals surface area contributed by atoms with Crippen molar-refractivity contribution in [2.45, 2.75) is 47.1 Å². The molecule has 21 heavy (non-hydrogen) atoms. The van der Waals surface area contributed by atoms with Crippen LogP contribution in [-0.2, 0) is 4.74 Å². The maximum absolute atomic E-state index is 12.1. The number of carbonyl (C=O) groups excluding carboxylic acids is 1. The number of likely N-dealkylation sites (tertiary alicyclic amines) is 1. The van der Waals surface area contributed by atoms with E-state index in [1.165, 1.54) is 0 Å². The van der Waals surface area contributed by atoms with Gasteiger partial charge in [-0.3, -0.25) is 4.90 Å². The molecule has 122 valence electrons. The lowest BCUT2D eigenvalue weighted by Crippen LogP contribution is -2.34. The molecule has 1 rings (SSSR count). The molecule has 0 aromatic rings. The van der Waals surface area contributed by atoms with E-state index in [0.717, 1.165) is 17.8 Å². The third kappa shape index (κ3) is 6.34. The van der Waals surface area contributed by atoms with Crippen LogP contribution in [0.1, 0.15) is 41.5 Å². The van der Waals surface area contributed by atoms with E-state index < -0.39 is 5.60 Å². The molecule has 0 radical (unpaired) electrons. The van der Waals surface area contributed by atoms with E-state index in [9.17, 15) is 4.79 Å². The van der Waals surface area contributed by atoms with Crippen molar-refractivity contribution in [1.29, 1.82) is 0 Å². The van der Waals surface area contributed by atoms with Crippen molar-refractivity contribution < 1.29 is 9.53 Å². The van der Waals surface area contributed by atoms with E-state index in [4.69, 9.17) is 4.74 Å². The number of rotatable bonds is 2. The van der Waals surface area contributed by atoms with E-state index in [0.29, 0.717) is 12.5 Å². The topological polar surface area (TPSA) is 32.8 Å². The summed E-state index contributed by atoms with van der Waals surface area (Å²) in [5.74, 6) is 0.306. The molecule has 1 aliphatic heterocycles. The standard InChI is InChI=1S/C15H26N2O2.C2H6/c1-11-10-17(14(18)19-15(3,4)5)12(2)13(11)8-9-16(6)7;1-2/h8,11H,2,9-10H2,1,3-7H3;1-2H3/b13-8+;. The fourth-order valence-corrected chi connectivity index (χ4v) is 2.02. The molecule has 0 spiro atoms. The van der Waals surface area contributed by atoms with Gasteiger partial charge >= 0.3 is 6.09 Å². The quantitative estimate of drug-likeness (QED) is 0.774. The first-order chi connectivity index (χ1) is 9.61. The third-order valence-corrected chi connectivity index (χ3v) is 2.94. The summed E-state index contributed by atoms with van der Waals surface area (Å²) in [4.78, 5) is 15.8. The summed E-state index contributed by atoms with van der Waals surface area (Å²) in [5, 5.41) is 0. The first-order valence-corrected chi connectivity index (χ1v) is 7.66. The predicted molar refractivity (Wildman–Crippen MR) is 89.2 cm³/mol. The van der Waals surface area contributed by atoms with Gasteiger partial charge in [0.05, 0.1) is 0 Å². The lowest BCUT2D eigenvalue weighted by atomic mass is 10.0. The molecule has 0 aromatic carbocycles. The summed E-state index contributed by atoms with van der Waals surface area (Å²) in [6, 6.07) is 0. The summed E-state index contributed by atoms with van der Waals surface area (Å²) < 4.78 is 5.40. The maximum atomic E-state index is 12.1. The Kier molecular flexibility index (Phi) is 7.72. The Bertz CT molecular complexity index is 392. The van der Waals surface area contributed by atoms with E-state index in [-0.39, 0.29) is 6.09 Å². The van der Waals surface area contributed by atoms with E-state index >= 15 is 0 Å². The van der Waals surface area contributed by atoms with Crippen LogP contribution in [0.5, 0.6) is 0 Å². The first kappa shape index (κ1) is 19.7. The van der Waals surface area contributed by atoms with Gasteiger partial charge in [0, 0.05) is 24.7 Å². The highest BCUT2D eigenvalue weighted by atomic mass is 16.6. The third-order valence-electron chi connectivity index (χ3n) is 2.94. The predicted octanol–water partition coefficient (Wildman–Crippen LogP) is 3.90. The molecule has 0 aliphatic carbocycles. The summed E-state index contributed by atoms with van der Waals surface area (Å²) in [6.07, 6.45) is 1.83. The average molecular weight is 296 g/mol. The molecule has 1 aliphatic rings. The van der Waals surface area contributed by atoms with Gasteiger partial charge in [0.25, 0.3) is 0 Å². The average Bonchev–Trinajstić information content (AvgIpc) is 2.63. The van der Waals surface area contributed by atoms with E-state index in [1.807, 2.05) is 48.7 Å². The van der Waals surface area contributed by atoms with E-state index in [2.05, 4.69) is 24.5 Å². The number of nitrogens with zero attached hydrogens (tertiary/aromatic N) is 2. The maximum Gasteiger partial charge on any atom is 0.414 e. The molecule has 0 bridgehead atoms. The molecule has 4 nitrogen and oxygen atoms in total. The molecule has 4 heteroatoms. The Labute approximate surface area is 130 Å². The second-order valence-corrected chi connectivity index (χ2v) is 6.36. The highest BCUT2D eigenvalue weighted by molar-refractivity contribution is 5.73. The summed E-state index contributed by atoms with van der Waals surface area (Å²) >= 11 is 0. The van der Waals surface area contributed by atoms with Crippen molar-refractivity contribution in [3.05, 3.63) is 23.9 Å². The van der Waals surface area contributed by atoms with Gasteiger partial charge in [0.15, 0.2) is 0 Å². The number of allylic oxidation sites excluding steroid dienone is 1. The summed E-state index contributed by atoms with van der Waals surface area (Å²) in [6.45, 7) is 17.2. The van der Waals surface area contributed by atoms with Crippen LogP contribution in [-0.4, -0.2) is 48.7 Å². The van der Waals surface area contributed by atoms with Crippen molar-refractivity contribution in [3.8, 4) is 0 Å². The minimum absolute atomic E-state index is 0.306. The molecule has 0 N–H and O–H groups in total. The molecule has 0 aromatic heterocycles. The van der Waals surface area contributed by atoms with Gasteiger partial charge in [0.1, 0.15) is 5.60 Å². The minimum atomic E-state index is -0.475. The van der Waals surface area contributed by atoms with Gasteiger partial charge in [-0.2, -0.15) is 0 Å². The van der Waals surface area contributed by atoms with Crippen LogP contribution in [0.3, 0.4) is 0 Å². The zero-order chi connectivity index (χ0) is 16.8. The summed E-state index contributed by atoms with van der Waals surface area (Å²) in [7, 11) is 4.04. The van der Waals surface area contributed by atoms with Gasteiger partial charge < -0.3 is 9.64 Å². The van der Waals surface area contributed by atoms with Crippen LogP contribution < -0.4 is 0 Å². The molecule has 1 unspecified atom stereocenters. The normalized spacial score (nSPS) is 20.6. The Hall–Kier alpha value is -1.29. The number of hydrogen-bond donors (Lipinski definition) is 0. The zero-order valence-corrected chi connectivity index (χ0v) is 15.0. The largest absolute Gasteiger partial charge is 0.443 e. The van der Waals surface area contributed by atoms with Crippen LogP contribution in [0.4, 0.5) is 4.79 Å². The van der Waals surface area contributed by atoms with Gasteiger partial charge in [-0.1, -0.05) is 33.4 Å². The van der Waals surface area contributed by atoms with Crippen molar-refractivity contribution in [1.82, 2.24) is 9.80 Å². The number of hydrogen-bond acceptors (Lipinski definition) is 3. The molecular weight excluding hydrogens is 264 g/mol. The molecule has 0 saturated carbocycles. The van der Waals surface area contributed by atoms with Crippen LogP contribution in [0.25, 0.3) is 0 Å². The number of carbonyl (C=O) groups is 1. The van der Waals surface area contributed by atoms with Crippen molar-refractivity contribution in [2.24, 2.45) is 5.92 Å². The number of ether oxygens (including phenoxy) is 1. The molecule has 1 heterocycles. The molecule has 1 fully saturated rings. The molecule has 1 amide bonds. The SMILES string of the molecule is C=C1/C(=C/CN(C)C)C(C)CN1C(=O)OC(C)(C)C.CC. The van der Waals surface area contributed by atoms with Crippen molar-refractivity contribution in [3.63, 3.8) is 0 Å². The smallest absolute Gasteiger partial charge is 0.414 e. The number of amides is 1. The van der Waals surface area contributed by atoms with Crippen molar-refractivity contribution in [2.75, 3.05) is 27.2 Å². The Morgan fingerprint density at radius 2 is 1.95 bits per heavy atom. The van der Waals surface area contributed by atoms with Gasteiger partial charge in [-0.25, -0.2) is 4.79 Å². The Morgan fingerprint density at radius 1 is 1.43 bits per heavy atom. The second kappa shape index (κ2) is 8.23.